The Labute approximate surface area is 114 Å². The summed E-state index contributed by atoms with van der Waals surface area (Å²) in [5.74, 6) is -0.998. The third-order valence-electron chi connectivity index (χ3n) is 3.26. The van der Waals surface area contributed by atoms with Gasteiger partial charge < -0.3 is 15.3 Å². The van der Waals surface area contributed by atoms with E-state index in [2.05, 4.69) is 5.32 Å². The number of anilines is 1. The monoisotopic (exact) mass is 288 g/mol. The van der Waals surface area contributed by atoms with E-state index >= 15 is 0 Å². The summed E-state index contributed by atoms with van der Waals surface area (Å²) < 4.78 is 36.4. The number of hydrogen-bond donors (Lipinski definition) is 2. The van der Waals surface area contributed by atoms with Gasteiger partial charge in [0.05, 0.1) is 12.1 Å². The van der Waals surface area contributed by atoms with Crippen LogP contribution in [0, 0.1) is 0 Å². The van der Waals surface area contributed by atoms with Crippen molar-refractivity contribution in [3.8, 4) is 0 Å². The van der Waals surface area contributed by atoms with Crippen molar-refractivity contribution in [1.29, 1.82) is 0 Å². The van der Waals surface area contributed by atoms with Gasteiger partial charge in [-0.05, 0) is 30.7 Å². The average Bonchev–Trinajstić information content (AvgIpc) is 2.84. The number of aromatic carboxylic acids is 1. The molecule has 1 atom stereocenters. The van der Waals surface area contributed by atoms with E-state index in [9.17, 15) is 18.0 Å². The molecule has 0 unspecified atom stereocenters. The Morgan fingerprint density at radius 3 is 2.55 bits per heavy atom. The summed E-state index contributed by atoms with van der Waals surface area (Å²) in [5, 5.41) is 11.3. The first-order valence-corrected chi connectivity index (χ1v) is 6.23. The van der Waals surface area contributed by atoms with Crippen molar-refractivity contribution in [3.05, 3.63) is 29.8 Å². The topological polar surface area (TPSA) is 52.6 Å². The minimum atomic E-state index is -4.20. The first-order valence-electron chi connectivity index (χ1n) is 6.23. The van der Waals surface area contributed by atoms with Gasteiger partial charge in [-0.15, -0.1) is 0 Å². The maximum absolute atomic E-state index is 12.1. The fourth-order valence-electron chi connectivity index (χ4n) is 2.24. The zero-order valence-corrected chi connectivity index (χ0v) is 10.7. The summed E-state index contributed by atoms with van der Waals surface area (Å²) in [5.41, 5.74) is 1.02. The summed E-state index contributed by atoms with van der Waals surface area (Å²) in [7, 11) is 0. The number of carboxylic acid groups (broad SMARTS) is 1. The largest absolute Gasteiger partial charge is 0.478 e. The molecule has 1 heterocycles. The van der Waals surface area contributed by atoms with Crippen LogP contribution in [0.25, 0.3) is 0 Å². The minimum Gasteiger partial charge on any atom is -0.478 e. The van der Waals surface area contributed by atoms with Crippen LogP contribution in [-0.2, 0) is 0 Å². The van der Waals surface area contributed by atoms with Crippen LogP contribution in [0.5, 0.6) is 0 Å². The number of halogens is 3. The Morgan fingerprint density at radius 2 is 2.00 bits per heavy atom. The number of rotatable bonds is 4. The number of hydrogen-bond acceptors (Lipinski definition) is 3. The molecule has 0 aromatic heterocycles. The predicted molar refractivity (Wildman–Crippen MR) is 68.1 cm³/mol. The van der Waals surface area contributed by atoms with E-state index in [1.54, 1.807) is 12.1 Å². The Bertz CT molecular complexity index is 473. The molecular weight excluding hydrogens is 273 g/mol. The van der Waals surface area contributed by atoms with Gasteiger partial charge in [-0.25, -0.2) is 4.79 Å². The highest BCUT2D eigenvalue weighted by molar-refractivity contribution is 5.88. The lowest BCUT2D eigenvalue weighted by molar-refractivity contribution is -0.125. The molecule has 0 spiro atoms. The molecule has 1 aliphatic heterocycles. The van der Waals surface area contributed by atoms with Crippen LogP contribution in [0.4, 0.5) is 18.9 Å². The predicted octanol–water partition coefficient (Wildman–Crippen LogP) is 2.12. The number of nitrogens with zero attached hydrogens (tertiary/aromatic N) is 1. The van der Waals surface area contributed by atoms with Crippen molar-refractivity contribution in [2.45, 2.75) is 18.6 Å². The van der Waals surface area contributed by atoms with Gasteiger partial charge in [0.15, 0.2) is 0 Å². The fraction of sp³-hybridized carbons (Fsp3) is 0.462. The smallest absolute Gasteiger partial charge is 0.401 e. The highest BCUT2D eigenvalue weighted by Crippen LogP contribution is 2.22. The van der Waals surface area contributed by atoms with E-state index in [1.807, 2.05) is 4.90 Å². The first kappa shape index (κ1) is 14.6. The van der Waals surface area contributed by atoms with Crippen molar-refractivity contribution < 1.29 is 23.1 Å². The van der Waals surface area contributed by atoms with Gasteiger partial charge in [0.25, 0.3) is 0 Å². The molecule has 0 aliphatic carbocycles. The van der Waals surface area contributed by atoms with Crippen LogP contribution < -0.4 is 10.2 Å². The van der Waals surface area contributed by atoms with E-state index in [4.69, 9.17) is 5.11 Å². The molecule has 1 saturated heterocycles. The van der Waals surface area contributed by atoms with Gasteiger partial charge in [0.2, 0.25) is 0 Å². The molecule has 1 fully saturated rings. The number of benzene rings is 1. The second kappa shape index (κ2) is 5.70. The minimum absolute atomic E-state index is 0.194. The lowest BCUT2D eigenvalue weighted by atomic mass is 10.2. The lowest BCUT2D eigenvalue weighted by Crippen LogP contribution is -2.38. The Kier molecular flexibility index (Phi) is 4.17. The molecule has 1 aromatic carbocycles. The third-order valence-corrected chi connectivity index (χ3v) is 3.26. The summed E-state index contributed by atoms with van der Waals surface area (Å²) >= 11 is 0. The molecule has 7 heteroatoms. The van der Waals surface area contributed by atoms with Crippen LogP contribution in [0.3, 0.4) is 0 Å². The molecule has 4 nitrogen and oxygen atoms in total. The molecule has 1 aromatic rings. The van der Waals surface area contributed by atoms with Crippen molar-refractivity contribution >= 4 is 11.7 Å². The van der Waals surface area contributed by atoms with Crippen LogP contribution >= 0.6 is 0 Å². The quantitative estimate of drug-likeness (QED) is 0.891. The van der Waals surface area contributed by atoms with Gasteiger partial charge >= 0.3 is 12.1 Å². The Morgan fingerprint density at radius 1 is 1.35 bits per heavy atom. The molecule has 2 rings (SSSR count). The van der Waals surface area contributed by atoms with Crippen molar-refractivity contribution in [2.75, 3.05) is 24.5 Å². The maximum Gasteiger partial charge on any atom is 0.401 e. The average molecular weight is 288 g/mol. The zero-order valence-electron chi connectivity index (χ0n) is 10.7. The molecule has 0 bridgehead atoms. The molecule has 0 radical (unpaired) electrons. The van der Waals surface area contributed by atoms with Crippen LogP contribution in [-0.4, -0.2) is 42.9 Å². The van der Waals surface area contributed by atoms with E-state index in [1.165, 1.54) is 12.1 Å². The SMILES string of the molecule is O=C(O)c1ccc(N2CC[C@H](NCC(F)(F)F)C2)cc1. The molecule has 20 heavy (non-hydrogen) atoms. The highest BCUT2D eigenvalue weighted by atomic mass is 19.4. The van der Waals surface area contributed by atoms with Gasteiger partial charge in [-0.1, -0.05) is 0 Å². The van der Waals surface area contributed by atoms with Crippen LogP contribution in [0.1, 0.15) is 16.8 Å². The van der Waals surface area contributed by atoms with Gasteiger partial charge in [-0.3, -0.25) is 0 Å². The summed E-state index contributed by atoms with van der Waals surface area (Å²) in [6.45, 7) is 0.161. The van der Waals surface area contributed by atoms with Crippen molar-refractivity contribution in [1.82, 2.24) is 5.32 Å². The molecule has 2 N–H and O–H groups in total. The number of carboxylic acids is 1. The molecule has 110 valence electrons. The number of alkyl halides is 3. The molecule has 0 saturated carbocycles. The highest BCUT2D eigenvalue weighted by Gasteiger charge is 2.30. The second-order valence-corrected chi connectivity index (χ2v) is 4.78. The summed E-state index contributed by atoms with van der Waals surface area (Å²) in [6, 6.07) is 6.14. The van der Waals surface area contributed by atoms with E-state index in [0.29, 0.717) is 19.5 Å². The van der Waals surface area contributed by atoms with E-state index in [0.717, 1.165) is 5.69 Å². The normalized spacial score (nSPS) is 19.4. The molecule has 1 aliphatic rings. The van der Waals surface area contributed by atoms with Gasteiger partial charge in [0, 0.05) is 24.8 Å². The van der Waals surface area contributed by atoms with Crippen molar-refractivity contribution in [2.24, 2.45) is 0 Å². The number of nitrogens with one attached hydrogen (secondary N) is 1. The third kappa shape index (κ3) is 3.86. The van der Waals surface area contributed by atoms with Gasteiger partial charge in [-0.2, -0.15) is 13.2 Å². The Hall–Kier alpha value is -1.76. The molecular formula is C13H15F3N2O2. The zero-order chi connectivity index (χ0) is 14.8. The number of carbonyl (C=O) groups is 1. The summed E-state index contributed by atoms with van der Waals surface area (Å²) in [6.07, 6.45) is -3.56. The van der Waals surface area contributed by atoms with Crippen LogP contribution in [0.2, 0.25) is 0 Å². The first-order chi connectivity index (χ1) is 9.35. The second-order valence-electron chi connectivity index (χ2n) is 4.78. The molecule has 0 amide bonds. The summed E-state index contributed by atoms with van der Waals surface area (Å²) in [4.78, 5) is 12.7. The fourth-order valence-corrected chi connectivity index (χ4v) is 2.24. The van der Waals surface area contributed by atoms with E-state index < -0.39 is 18.7 Å². The standard InChI is InChI=1S/C13H15F3N2O2/c14-13(15,16)8-17-10-5-6-18(7-10)11-3-1-9(2-4-11)12(19)20/h1-4,10,17H,5-8H2,(H,19,20)/t10-/m0/s1. The maximum atomic E-state index is 12.1. The van der Waals surface area contributed by atoms with Gasteiger partial charge in [0.1, 0.15) is 0 Å². The lowest BCUT2D eigenvalue weighted by Gasteiger charge is -2.19. The van der Waals surface area contributed by atoms with Crippen LogP contribution in [0.15, 0.2) is 24.3 Å². The Balaban J connectivity index is 1.90. The van der Waals surface area contributed by atoms with Crippen molar-refractivity contribution in [3.63, 3.8) is 0 Å². The van der Waals surface area contributed by atoms with E-state index in [-0.39, 0.29) is 11.6 Å².